The molecule has 4 nitrogen and oxygen atoms in total. The maximum absolute atomic E-state index is 12.8. The molecule has 2 heterocycles. The lowest BCUT2D eigenvalue weighted by atomic mass is 10.0. The number of nitrogens with zero attached hydrogens (tertiary/aromatic N) is 2. The van der Waals surface area contributed by atoms with E-state index in [4.69, 9.17) is 4.98 Å². The van der Waals surface area contributed by atoms with Gasteiger partial charge in [0.15, 0.2) is 0 Å². The molecular formula is C22H17N3OS. The van der Waals surface area contributed by atoms with Gasteiger partial charge in [0.2, 0.25) is 0 Å². The van der Waals surface area contributed by atoms with Gasteiger partial charge in [0, 0.05) is 15.8 Å². The van der Waals surface area contributed by atoms with E-state index in [-0.39, 0.29) is 5.91 Å². The quantitative estimate of drug-likeness (QED) is 0.404. The molecule has 2 aromatic heterocycles. The van der Waals surface area contributed by atoms with Crippen LogP contribution in [-0.4, -0.2) is 17.1 Å². The summed E-state index contributed by atoms with van der Waals surface area (Å²) in [5.41, 5.74) is 6.85. The first-order chi connectivity index (χ1) is 13.2. The Morgan fingerprint density at radius 3 is 2.63 bits per heavy atom. The molecule has 1 amide bonds. The lowest BCUT2D eigenvalue weighted by Crippen LogP contribution is -2.18. The zero-order chi connectivity index (χ0) is 18.6. The van der Waals surface area contributed by atoms with Gasteiger partial charge in [-0.25, -0.2) is 10.4 Å². The normalized spacial score (nSPS) is 11.1. The second-order valence-corrected chi connectivity index (χ2v) is 7.05. The molecule has 0 bridgehead atoms. The molecule has 0 aliphatic rings. The molecule has 0 atom stereocenters. The Labute approximate surface area is 161 Å². The van der Waals surface area contributed by atoms with Crippen molar-refractivity contribution in [2.75, 3.05) is 0 Å². The highest BCUT2D eigenvalue weighted by Gasteiger charge is 2.13. The Hall–Kier alpha value is -3.31. The van der Waals surface area contributed by atoms with Crippen LogP contribution in [0.3, 0.4) is 0 Å². The number of aromatic nitrogens is 1. The van der Waals surface area contributed by atoms with Crippen LogP contribution in [0.2, 0.25) is 0 Å². The lowest BCUT2D eigenvalue weighted by Gasteiger charge is -2.09. The summed E-state index contributed by atoms with van der Waals surface area (Å²) in [6.07, 6.45) is 1.68. The van der Waals surface area contributed by atoms with Gasteiger partial charge in [-0.2, -0.15) is 5.10 Å². The van der Waals surface area contributed by atoms with Crippen LogP contribution in [-0.2, 0) is 0 Å². The Bertz CT molecular complexity index is 1130. The van der Waals surface area contributed by atoms with Crippen molar-refractivity contribution in [3.05, 3.63) is 88.1 Å². The molecule has 132 valence electrons. The zero-order valence-electron chi connectivity index (χ0n) is 14.7. The van der Waals surface area contributed by atoms with Gasteiger partial charge in [-0.3, -0.25) is 4.79 Å². The highest BCUT2D eigenvalue weighted by Crippen LogP contribution is 2.24. The highest BCUT2D eigenvalue weighted by atomic mass is 32.1. The third-order valence-corrected chi connectivity index (χ3v) is 5.23. The summed E-state index contributed by atoms with van der Waals surface area (Å²) in [5.74, 6) is -0.253. The summed E-state index contributed by atoms with van der Waals surface area (Å²) < 4.78 is 0. The summed E-state index contributed by atoms with van der Waals surface area (Å²) in [7, 11) is 0. The average molecular weight is 371 g/mol. The monoisotopic (exact) mass is 371 g/mol. The van der Waals surface area contributed by atoms with E-state index in [2.05, 4.69) is 10.5 Å². The predicted molar refractivity (Wildman–Crippen MR) is 111 cm³/mol. The Kier molecular flexibility index (Phi) is 4.77. The lowest BCUT2D eigenvalue weighted by molar-refractivity contribution is 0.0956. The minimum absolute atomic E-state index is 0.253. The van der Waals surface area contributed by atoms with E-state index in [1.165, 1.54) is 0 Å². The van der Waals surface area contributed by atoms with Gasteiger partial charge in [0.05, 0.1) is 23.0 Å². The summed E-state index contributed by atoms with van der Waals surface area (Å²) in [6.45, 7) is 2.02. The number of thiophene rings is 1. The van der Waals surface area contributed by atoms with Gasteiger partial charge in [-0.1, -0.05) is 48.5 Å². The van der Waals surface area contributed by atoms with E-state index >= 15 is 0 Å². The zero-order valence-corrected chi connectivity index (χ0v) is 15.5. The van der Waals surface area contributed by atoms with E-state index in [0.717, 1.165) is 32.6 Å². The van der Waals surface area contributed by atoms with Gasteiger partial charge in [-0.15, -0.1) is 11.3 Å². The number of carbonyl (C=O) groups excluding carboxylic acids is 1. The molecule has 0 radical (unpaired) electrons. The van der Waals surface area contributed by atoms with Crippen molar-refractivity contribution in [3.8, 4) is 11.3 Å². The largest absolute Gasteiger partial charge is 0.272 e. The van der Waals surface area contributed by atoms with E-state index < -0.39 is 0 Å². The van der Waals surface area contributed by atoms with E-state index in [1.54, 1.807) is 17.6 Å². The van der Waals surface area contributed by atoms with Crippen LogP contribution in [0.5, 0.6) is 0 Å². The summed E-state index contributed by atoms with van der Waals surface area (Å²) in [6, 6.07) is 21.3. The molecular weight excluding hydrogens is 354 g/mol. The Morgan fingerprint density at radius 1 is 1.07 bits per heavy atom. The molecule has 2 aromatic carbocycles. The number of carbonyl (C=O) groups is 1. The molecule has 0 aliphatic heterocycles. The maximum Gasteiger partial charge on any atom is 0.272 e. The van der Waals surface area contributed by atoms with Crippen molar-refractivity contribution in [1.82, 2.24) is 10.4 Å². The number of benzene rings is 2. The first-order valence-corrected chi connectivity index (χ1v) is 9.43. The number of aryl methyl sites for hydroxylation is 1. The van der Waals surface area contributed by atoms with Crippen LogP contribution >= 0.6 is 11.3 Å². The van der Waals surface area contributed by atoms with E-state index in [9.17, 15) is 4.79 Å². The van der Waals surface area contributed by atoms with E-state index in [0.29, 0.717) is 5.56 Å². The van der Waals surface area contributed by atoms with E-state index in [1.807, 2.05) is 79.0 Å². The second-order valence-electron chi connectivity index (χ2n) is 6.11. The number of rotatable bonds is 4. The van der Waals surface area contributed by atoms with Crippen LogP contribution in [0.25, 0.3) is 22.2 Å². The molecule has 0 aliphatic carbocycles. The molecule has 0 saturated carbocycles. The molecule has 0 fully saturated rings. The van der Waals surface area contributed by atoms with Gasteiger partial charge in [-0.05, 0) is 36.1 Å². The van der Waals surface area contributed by atoms with Crippen LogP contribution in [0.1, 0.15) is 20.8 Å². The van der Waals surface area contributed by atoms with Crippen LogP contribution < -0.4 is 5.43 Å². The number of para-hydroxylation sites is 1. The molecule has 0 spiro atoms. The van der Waals surface area contributed by atoms with Gasteiger partial charge in [0.25, 0.3) is 5.91 Å². The third-order valence-electron chi connectivity index (χ3n) is 4.28. The number of nitrogens with one attached hydrogen (secondary N) is 1. The fourth-order valence-corrected chi connectivity index (χ4v) is 3.63. The fraction of sp³-hybridized carbons (Fsp3) is 0.0455. The first kappa shape index (κ1) is 17.1. The van der Waals surface area contributed by atoms with Crippen molar-refractivity contribution in [1.29, 1.82) is 0 Å². The van der Waals surface area contributed by atoms with Crippen molar-refractivity contribution < 1.29 is 4.79 Å². The van der Waals surface area contributed by atoms with Gasteiger partial charge >= 0.3 is 0 Å². The highest BCUT2D eigenvalue weighted by molar-refractivity contribution is 7.11. The molecule has 1 N–H and O–H groups in total. The predicted octanol–water partition coefficient (Wildman–Crippen LogP) is 5.04. The Morgan fingerprint density at radius 2 is 1.85 bits per heavy atom. The number of hydrogen-bond donors (Lipinski definition) is 1. The topological polar surface area (TPSA) is 54.4 Å². The SMILES string of the molecule is Cc1ccsc1/C=N/NC(=O)c1cc(-c2ccccc2)nc2ccccc12. The molecule has 0 unspecified atom stereocenters. The number of fused-ring (bicyclic) bond motifs is 1. The van der Waals surface area contributed by atoms with Crippen LogP contribution in [0, 0.1) is 6.92 Å². The fourth-order valence-electron chi connectivity index (χ4n) is 2.85. The van der Waals surface area contributed by atoms with Crippen LogP contribution in [0.15, 0.2) is 77.2 Å². The average Bonchev–Trinajstić information content (AvgIpc) is 3.12. The number of hydrogen-bond acceptors (Lipinski definition) is 4. The van der Waals surface area contributed by atoms with Gasteiger partial charge < -0.3 is 0 Å². The standard InChI is InChI=1S/C22H17N3OS/c1-15-11-12-27-21(15)14-23-25-22(26)18-13-20(16-7-3-2-4-8-16)24-19-10-6-5-9-17(18)19/h2-14H,1H3,(H,25,26)/b23-14+. The van der Waals surface area contributed by atoms with Crippen molar-refractivity contribution >= 4 is 34.4 Å². The van der Waals surface area contributed by atoms with Crippen molar-refractivity contribution in [2.45, 2.75) is 6.92 Å². The minimum Gasteiger partial charge on any atom is -0.267 e. The molecule has 27 heavy (non-hydrogen) atoms. The smallest absolute Gasteiger partial charge is 0.267 e. The molecule has 4 rings (SSSR count). The van der Waals surface area contributed by atoms with Crippen molar-refractivity contribution in [3.63, 3.8) is 0 Å². The number of pyridine rings is 1. The first-order valence-electron chi connectivity index (χ1n) is 8.55. The Balaban J connectivity index is 1.70. The number of hydrazone groups is 1. The summed E-state index contributed by atoms with van der Waals surface area (Å²) in [4.78, 5) is 18.5. The maximum atomic E-state index is 12.8. The summed E-state index contributed by atoms with van der Waals surface area (Å²) >= 11 is 1.59. The minimum atomic E-state index is -0.253. The molecule has 0 saturated heterocycles. The number of amides is 1. The molecule has 4 aromatic rings. The summed E-state index contributed by atoms with van der Waals surface area (Å²) in [5, 5.41) is 6.93. The van der Waals surface area contributed by atoms with Gasteiger partial charge in [0.1, 0.15) is 0 Å². The van der Waals surface area contributed by atoms with Crippen LogP contribution in [0.4, 0.5) is 0 Å². The van der Waals surface area contributed by atoms with Crippen molar-refractivity contribution in [2.24, 2.45) is 5.10 Å². The second kappa shape index (κ2) is 7.51. The third kappa shape index (κ3) is 3.64. The molecule has 5 heteroatoms.